The second-order valence-corrected chi connectivity index (χ2v) is 4.35. The lowest BCUT2D eigenvalue weighted by Crippen LogP contribution is -2.20. The van der Waals surface area contributed by atoms with Gasteiger partial charge in [0.25, 0.3) is 0 Å². The largest absolute Gasteiger partial charge is 0.481 e. The number of carboxylic acid groups (broad SMARTS) is 1. The molecule has 0 bridgehead atoms. The molecule has 0 fully saturated rings. The number of nitrogens with zero attached hydrogens (tertiary/aromatic N) is 3. The zero-order chi connectivity index (χ0) is 14.5. The Morgan fingerprint density at radius 1 is 1.30 bits per heavy atom. The summed E-state index contributed by atoms with van der Waals surface area (Å²) in [7, 11) is 0. The molecular weight excluding hydrogens is 260 g/mol. The van der Waals surface area contributed by atoms with E-state index in [9.17, 15) is 9.59 Å². The predicted molar refractivity (Wildman–Crippen MR) is 71.2 cm³/mol. The van der Waals surface area contributed by atoms with Gasteiger partial charge in [0.1, 0.15) is 6.54 Å². The molecule has 0 saturated carbocycles. The quantitative estimate of drug-likeness (QED) is 0.842. The topological polar surface area (TPSA) is 97.1 Å². The maximum absolute atomic E-state index is 11.8. The maximum atomic E-state index is 11.8. The van der Waals surface area contributed by atoms with E-state index in [2.05, 4.69) is 15.6 Å². The SMILES string of the molecule is Cc1cnnn1CC(=O)Nc1ccc(CC(=O)O)cc1. The molecule has 0 radical (unpaired) electrons. The predicted octanol–water partition coefficient (Wildman–Crippen LogP) is 0.852. The summed E-state index contributed by atoms with van der Waals surface area (Å²) in [6.45, 7) is 1.90. The van der Waals surface area contributed by atoms with Crippen LogP contribution >= 0.6 is 0 Å². The van der Waals surface area contributed by atoms with Crippen LogP contribution in [0.4, 0.5) is 5.69 Å². The number of carbonyl (C=O) groups excluding carboxylic acids is 1. The van der Waals surface area contributed by atoms with E-state index >= 15 is 0 Å². The smallest absolute Gasteiger partial charge is 0.307 e. The summed E-state index contributed by atoms with van der Waals surface area (Å²) in [5.74, 6) is -1.10. The first-order chi connectivity index (χ1) is 9.54. The summed E-state index contributed by atoms with van der Waals surface area (Å²) in [6.07, 6.45) is 1.54. The molecule has 0 aliphatic carbocycles. The fraction of sp³-hybridized carbons (Fsp3) is 0.231. The average Bonchev–Trinajstić information content (AvgIpc) is 2.77. The highest BCUT2D eigenvalue weighted by Gasteiger charge is 2.07. The Hall–Kier alpha value is -2.70. The van der Waals surface area contributed by atoms with Crippen molar-refractivity contribution in [3.63, 3.8) is 0 Å². The molecule has 104 valence electrons. The first-order valence-electron chi connectivity index (χ1n) is 6.00. The van der Waals surface area contributed by atoms with E-state index in [-0.39, 0.29) is 18.9 Å². The van der Waals surface area contributed by atoms with Gasteiger partial charge in [-0.1, -0.05) is 17.3 Å². The minimum Gasteiger partial charge on any atom is -0.481 e. The lowest BCUT2D eigenvalue weighted by atomic mass is 10.1. The van der Waals surface area contributed by atoms with E-state index in [1.54, 1.807) is 30.5 Å². The number of hydrogen-bond acceptors (Lipinski definition) is 4. The normalized spacial score (nSPS) is 10.2. The third kappa shape index (κ3) is 3.64. The van der Waals surface area contributed by atoms with Crippen molar-refractivity contribution < 1.29 is 14.7 Å². The second-order valence-electron chi connectivity index (χ2n) is 4.35. The fourth-order valence-corrected chi connectivity index (χ4v) is 1.68. The van der Waals surface area contributed by atoms with Crippen LogP contribution in [0.1, 0.15) is 11.3 Å². The number of hydrogen-bond donors (Lipinski definition) is 2. The van der Waals surface area contributed by atoms with Crippen LogP contribution < -0.4 is 5.32 Å². The van der Waals surface area contributed by atoms with E-state index in [1.165, 1.54) is 4.68 Å². The van der Waals surface area contributed by atoms with Gasteiger partial charge in [-0.2, -0.15) is 0 Å². The Kier molecular flexibility index (Phi) is 4.09. The monoisotopic (exact) mass is 274 g/mol. The number of nitrogens with one attached hydrogen (secondary N) is 1. The van der Waals surface area contributed by atoms with E-state index in [0.717, 1.165) is 5.69 Å². The lowest BCUT2D eigenvalue weighted by molar-refractivity contribution is -0.136. The highest BCUT2D eigenvalue weighted by molar-refractivity contribution is 5.90. The van der Waals surface area contributed by atoms with Crippen LogP contribution in [0.3, 0.4) is 0 Å². The molecule has 7 nitrogen and oxygen atoms in total. The number of benzene rings is 1. The molecule has 0 atom stereocenters. The number of carboxylic acids is 1. The van der Waals surface area contributed by atoms with Crippen LogP contribution in [-0.2, 0) is 22.6 Å². The van der Waals surface area contributed by atoms with Gasteiger partial charge in [-0.3, -0.25) is 9.59 Å². The number of aliphatic carboxylic acids is 1. The number of carbonyl (C=O) groups is 2. The van der Waals surface area contributed by atoms with Crippen LogP contribution in [0.5, 0.6) is 0 Å². The Morgan fingerprint density at radius 2 is 2.00 bits per heavy atom. The fourth-order valence-electron chi connectivity index (χ4n) is 1.68. The van der Waals surface area contributed by atoms with Crippen molar-refractivity contribution in [1.29, 1.82) is 0 Å². The molecule has 20 heavy (non-hydrogen) atoms. The van der Waals surface area contributed by atoms with Crippen molar-refractivity contribution in [1.82, 2.24) is 15.0 Å². The molecule has 0 aliphatic rings. The van der Waals surface area contributed by atoms with E-state index in [0.29, 0.717) is 11.3 Å². The number of aryl methyl sites for hydroxylation is 1. The molecule has 1 aromatic heterocycles. The Balaban J connectivity index is 1.94. The first-order valence-corrected chi connectivity index (χ1v) is 6.00. The summed E-state index contributed by atoms with van der Waals surface area (Å²) < 4.78 is 1.49. The van der Waals surface area contributed by atoms with E-state index in [1.807, 2.05) is 6.92 Å². The van der Waals surface area contributed by atoms with Crippen LogP contribution in [-0.4, -0.2) is 32.0 Å². The highest BCUT2D eigenvalue weighted by atomic mass is 16.4. The summed E-state index contributed by atoms with van der Waals surface area (Å²) in [4.78, 5) is 22.4. The highest BCUT2D eigenvalue weighted by Crippen LogP contribution is 2.10. The second kappa shape index (κ2) is 5.96. The minimum atomic E-state index is -0.886. The van der Waals surface area contributed by atoms with Gasteiger partial charge in [-0.25, -0.2) is 4.68 Å². The van der Waals surface area contributed by atoms with Gasteiger partial charge in [0.2, 0.25) is 5.91 Å². The van der Waals surface area contributed by atoms with Crippen LogP contribution in [0.25, 0.3) is 0 Å². The van der Waals surface area contributed by atoms with Gasteiger partial charge >= 0.3 is 5.97 Å². The molecule has 2 rings (SSSR count). The van der Waals surface area contributed by atoms with Gasteiger partial charge in [-0.15, -0.1) is 5.10 Å². The molecule has 0 spiro atoms. The van der Waals surface area contributed by atoms with Crippen LogP contribution in [0, 0.1) is 6.92 Å². The summed E-state index contributed by atoms with van der Waals surface area (Å²) in [6, 6.07) is 6.68. The van der Waals surface area contributed by atoms with Crippen LogP contribution in [0.2, 0.25) is 0 Å². The molecule has 0 unspecified atom stereocenters. The maximum Gasteiger partial charge on any atom is 0.307 e. The number of rotatable bonds is 5. The van der Waals surface area contributed by atoms with E-state index in [4.69, 9.17) is 5.11 Å². The molecule has 2 N–H and O–H groups in total. The average molecular weight is 274 g/mol. The molecule has 1 amide bonds. The molecule has 7 heteroatoms. The molecule has 2 aromatic rings. The van der Waals surface area contributed by atoms with Crippen molar-refractivity contribution in [3.05, 3.63) is 41.7 Å². The van der Waals surface area contributed by atoms with Gasteiger partial charge in [0, 0.05) is 5.69 Å². The van der Waals surface area contributed by atoms with E-state index < -0.39 is 5.97 Å². The Morgan fingerprint density at radius 3 is 2.55 bits per heavy atom. The zero-order valence-electron chi connectivity index (χ0n) is 10.9. The lowest BCUT2D eigenvalue weighted by Gasteiger charge is -2.06. The molecule has 0 aliphatic heterocycles. The van der Waals surface area contributed by atoms with Gasteiger partial charge in [0.15, 0.2) is 0 Å². The standard InChI is InChI=1S/C13H14N4O3/c1-9-7-14-16-17(9)8-12(18)15-11-4-2-10(3-5-11)6-13(19)20/h2-5,7H,6,8H2,1H3,(H,15,18)(H,19,20). The third-order valence-electron chi connectivity index (χ3n) is 2.70. The Labute approximate surface area is 115 Å². The number of aromatic nitrogens is 3. The minimum absolute atomic E-state index is 0.0353. The zero-order valence-corrected chi connectivity index (χ0v) is 10.9. The van der Waals surface area contributed by atoms with Gasteiger partial charge in [0.05, 0.1) is 18.3 Å². The first kappa shape index (κ1) is 13.7. The number of amides is 1. The van der Waals surface area contributed by atoms with Gasteiger partial charge < -0.3 is 10.4 Å². The summed E-state index contributed by atoms with van der Waals surface area (Å²) >= 11 is 0. The van der Waals surface area contributed by atoms with Crippen molar-refractivity contribution in [3.8, 4) is 0 Å². The Bertz CT molecular complexity index is 619. The molecular formula is C13H14N4O3. The van der Waals surface area contributed by atoms with Gasteiger partial charge in [-0.05, 0) is 24.6 Å². The van der Waals surface area contributed by atoms with Crippen molar-refractivity contribution in [2.24, 2.45) is 0 Å². The molecule has 1 heterocycles. The molecule has 0 saturated heterocycles. The summed E-state index contributed by atoms with van der Waals surface area (Å²) in [5, 5.41) is 18.9. The number of anilines is 1. The summed E-state index contributed by atoms with van der Waals surface area (Å²) in [5.41, 5.74) is 2.10. The van der Waals surface area contributed by atoms with Crippen LogP contribution in [0.15, 0.2) is 30.5 Å². The molecule has 1 aromatic carbocycles. The third-order valence-corrected chi connectivity index (χ3v) is 2.70. The van der Waals surface area contributed by atoms with Crippen molar-refractivity contribution in [2.75, 3.05) is 5.32 Å². The van der Waals surface area contributed by atoms with Crippen molar-refractivity contribution in [2.45, 2.75) is 19.9 Å². The van der Waals surface area contributed by atoms with Crippen molar-refractivity contribution >= 4 is 17.6 Å².